The zero-order chi connectivity index (χ0) is 12.2. The lowest BCUT2D eigenvalue weighted by Crippen LogP contribution is -2.04. The Morgan fingerprint density at radius 1 is 1.19 bits per heavy atom. The highest BCUT2D eigenvalue weighted by atomic mass is 32.2. The van der Waals surface area contributed by atoms with Crippen LogP contribution < -0.4 is 0 Å². The molecule has 1 rings (SSSR count). The van der Waals surface area contributed by atoms with Gasteiger partial charge in [0, 0.05) is 16.9 Å². The molecule has 1 aromatic rings. The van der Waals surface area contributed by atoms with Crippen molar-refractivity contribution in [2.24, 2.45) is 0 Å². The molecule has 90 valence electrons. The summed E-state index contributed by atoms with van der Waals surface area (Å²) < 4.78 is 21.9. The van der Waals surface area contributed by atoms with Crippen LogP contribution in [0.2, 0.25) is 0 Å². The van der Waals surface area contributed by atoms with Gasteiger partial charge in [-0.3, -0.25) is 0 Å². The SMILES string of the molecule is CC(C)c1ccc(SCCS(C)(=O)=O)cc1. The van der Waals surface area contributed by atoms with Gasteiger partial charge in [0.25, 0.3) is 0 Å². The molecule has 0 saturated heterocycles. The third-order valence-electron chi connectivity index (χ3n) is 2.27. The molecule has 0 fully saturated rings. The third kappa shape index (κ3) is 5.03. The standard InChI is InChI=1S/C12H18O2S2/c1-10(2)11-4-6-12(7-5-11)15-8-9-16(3,13)14/h4-7,10H,8-9H2,1-3H3. The number of thioether (sulfide) groups is 1. The van der Waals surface area contributed by atoms with Gasteiger partial charge in [0.05, 0.1) is 5.75 Å². The van der Waals surface area contributed by atoms with E-state index in [1.807, 2.05) is 0 Å². The van der Waals surface area contributed by atoms with E-state index in [-0.39, 0.29) is 5.75 Å². The predicted molar refractivity (Wildman–Crippen MR) is 71.0 cm³/mol. The molecule has 0 saturated carbocycles. The van der Waals surface area contributed by atoms with Crippen molar-refractivity contribution >= 4 is 21.6 Å². The van der Waals surface area contributed by atoms with Crippen LogP contribution in [0.1, 0.15) is 25.3 Å². The summed E-state index contributed by atoms with van der Waals surface area (Å²) in [5.41, 5.74) is 1.31. The molecular weight excluding hydrogens is 240 g/mol. The van der Waals surface area contributed by atoms with Crippen LogP contribution in [0.4, 0.5) is 0 Å². The first-order valence-electron chi connectivity index (χ1n) is 5.29. The zero-order valence-electron chi connectivity index (χ0n) is 9.93. The highest BCUT2D eigenvalue weighted by Crippen LogP contribution is 2.21. The molecular formula is C12H18O2S2. The molecule has 2 nitrogen and oxygen atoms in total. The third-order valence-corrected chi connectivity index (χ3v) is 4.49. The minimum Gasteiger partial charge on any atom is -0.229 e. The van der Waals surface area contributed by atoms with Gasteiger partial charge < -0.3 is 0 Å². The molecule has 0 heterocycles. The Hall–Kier alpha value is -0.480. The van der Waals surface area contributed by atoms with Gasteiger partial charge in [-0.15, -0.1) is 11.8 Å². The number of benzene rings is 1. The van der Waals surface area contributed by atoms with Crippen molar-refractivity contribution in [2.75, 3.05) is 17.8 Å². The molecule has 0 bridgehead atoms. The van der Waals surface area contributed by atoms with E-state index >= 15 is 0 Å². The first-order valence-corrected chi connectivity index (χ1v) is 8.33. The first kappa shape index (κ1) is 13.6. The number of hydrogen-bond donors (Lipinski definition) is 0. The van der Waals surface area contributed by atoms with Crippen molar-refractivity contribution < 1.29 is 8.42 Å². The zero-order valence-corrected chi connectivity index (χ0v) is 11.6. The minimum atomic E-state index is -2.84. The maximum Gasteiger partial charge on any atom is 0.148 e. The summed E-state index contributed by atoms with van der Waals surface area (Å²) in [6.07, 6.45) is 1.27. The van der Waals surface area contributed by atoms with E-state index in [0.717, 1.165) is 4.90 Å². The molecule has 0 aliphatic rings. The molecule has 0 unspecified atom stereocenters. The van der Waals surface area contributed by atoms with E-state index in [9.17, 15) is 8.42 Å². The van der Waals surface area contributed by atoms with Gasteiger partial charge in [-0.2, -0.15) is 0 Å². The van der Waals surface area contributed by atoms with Crippen molar-refractivity contribution in [1.82, 2.24) is 0 Å². The first-order chi connectivity index (χ1) is 7.38. The van der Waals surface area contributed by atoms with Gasteiger partial charge in [0.1, 0.15) is 9.84 Å². The lowest BCUT2D eigenvalue weighted by Gasteiger charge is -2.06. The minimum absolute atomic E-state index is 0.240. The van der Waals surface area contributed by atoms with Crippen molar-refractivity contribution in [1.29, 1.82) is 0 Å². The molecule has 16 heavy (non-hydrogen) atoms. The smallest absolute Gasteiger partial charge is 0.148 e. The highest BCUT2D eigenvalue weighted by Gasteiger charge is 2.03. The fraction of sp³-hybridized carbons (Fsp3) is 0.500. The summed E-state index contributed by atoms with van der Waals surface area (Å²) in [7, 11) is -2.84. The maximum absolute atomic E-state index is 11.0. The monoisotopic (exact) mass is 258 g/mol. The fourth-order valence-electron chi connectivity index (χ4n) is 1.26. The molecule has 0 atom stereocenters. The second kappa shape index (κ2) is 5.73. The predicted octanol–water partition coefficient (Wildman–Crippen LogP) is 2.95. The summed E-state index contributed by atoms with van der Waals surface area (Å²) in [6.45, 7) is 4.32. The van der Waals surface area contributed by atoms with Crippen molar-refractivity contribution in [2.45, 2.75) is 24.7 Å². The van der Waals surface area contributed by atoms with E-state index in [1.165, 1.54) is 11.8 Å². The van der Waals surface area contributed by atoms with E-state index in [1.54, 1.807) is 11.8 Å². The van der Waals surface area contributed by atoms with E-state index < -0.39 is 9.84 Å². The summed E-state index contributed by atoms with van der Waals surface area (Å²) in [5.74, 6) is 1.40. The van der Waals surface area contributed by atoms with Gasteiger partial charge >= 0.3 is 0 Å². The second-order valence-corrected chi connectivity index (χ2v) is 7.63. The van der Waals surface area contributed by atoms with Crippen LogP contribution in [0, 0.1) is 0 Å². The molecule has 1 aromatic carbocycles. The normalized spacial score (nSPS) is 12.0. The van der Waals surface area contributed by atoms with Gasteiger partial charge in [-0.25, -0.2) is 8.42 Å². The van der Waals surface area contributed by atoms with E-state index in [0.29, 0.717) is 11.7 Å². The van der Waals surface area contributed by atoms with Crippen LogP contribution in [0.3, 0.4) is 0 Å². The average Bonchev–Trinajstić information content (AvgIpc) is 2.16. The van der Waals surface area contributed by atoms with Gasteiger partial charge in [0.15, 0.2) is 0 Å². The van der Waals surface area contributed by atoms with Crippen molar-refractivity contribution in [3.63, 3.8) is 0 Å². The molecule has 4 heteroatoms. The van der Waals surface area contributed by atoms with Crippen molar-refractivity contribution in [3.05, 3.63) is 29.8 Å². The highest BCUT2D eigenvalue weighted by molar-refractivity contribution is 8.00. The topological polar surface area (TPSA) is 34.1 Å². The Balaban J connectivity index is 2.50. The van der Waals surface area contributed by atoms with E-state index in [4.69, 9.17) is 0 Å². The number of rotatable bonds is 5. The van der Waals surface area contributed by atoms with Crippen molar-refractivity contribution in [3.8, 4) is 0 Å². The molecule has 0 spiro atoms. The Morgan fingerprint density at radius 3 is 2.19 bits per heavy atom. The summed E-state index contributed by atoms with van der Waals surface area (Å²) >= 11 is 1.59. The molecule has 0 N–H and O–H groups in total. The van der Waals surface area contributed by atoms with Gasteiger partial charge in [-0.05, 0) is 23.6 Å². The quantitative estimate of drug-likeness (QED) is 0.762. The second-order valence-electron chi connectivity index (χ2n) is 4.20. The van der Waals surface area contributed by atoms with Crippen LogP contribution >= 0.6 is 11.8 Å². The van der Waals surface area contributed by atoms with Crippen LogP contribution in [-0.2, 0) is 9.84 Å². The van der Waals surface area contributed by atoms with Crippen LogP contribution in [0.5, 0.6) is 0 Å². The lowest BCUT2D eigenvalue weighted by atomic mass is 10.0. The van der Waals surface area contributed by atoms with Crippen LogP contribution in [0.15, 0.2) is 29.2 Å². The Kier molecular flexibility index (Phi) is 4.87. The molecule has 0 radical (unpaired) electrons. The number of hydrogen-bond acceptors (Lipinski definition) is 3. The summed E-state index contributed by atoms with van der Waals surface area (Å²) in [6, 6.07) is 8.32. The Morgan fingerprint density at radius 2 is 1.75 bits per heavy atom. The Labute approximate surface area is 102 Å². The summed E-state index contributed by atoms with van der Waals surface area (Å²) in [5, 5.41) is 0. The molecule has 0 aromatic heterocycles. The average molecular weight is 258 g/mol. The van der Waals surface area contributed by atoms with E-state index in [2.05, 4.69) is 38.1 Å². The number of sulfone groups is 1. The molecule has 0 amide bonds. The molecule has 0 aliphatic heterocycles. The van der Waals surface area contributed by atoms with Gasteiger partial charge in [-0.1, -0.05) is 26.0 Å². The summed E-state index contributed by atoms with van der Waals surface area (Å²) in [4.78, 5) is 1.13. The van der Waals surface area contributed by atoms with Gasteiger partial charge in [0.2, 0.25) is 0 Å². The van der Waals surface area contributed by atoms with Crippen LogP contribution in [-0.4, -0.2) is 26.2 Å². The fourth-order valence-corrected chi connectivity index (χ4v) is 3.37. The lowest BCUT2D eigenvalue weighted by molar-refractivity contribution is 0.603. The van der Waals surface area contributed by atoms with Crippen LogP contribution in [0.25, 0.3) is 0 Å². The molecule has 0 aliphatic carbocycles. The Bertz CT molecular complexity index is 419. The largest absolute Gasteiger partial charge is 0.229 e. The maximum atomic E-state index is 11.0.